The van der Waals surface area contributed by atoms with Crippen molar-refractivity contribution in [2.24, 2.45) is 5.92 Å². The molecule has 3 rings (SSSR count). The molecular formula is C15H18N4O2. The topological polar surface area (TPSA) is 80.0 Å². The number of nitrogens with zero attached hydrogens (tertiary/aromatic N) is 2. The van der Waals surface area contributed by atoms with Crippen molar-refractivity contribution in [1.82, 2.24) is 20.8 Å². The van der Waals surface area contributed by atoms with Crippen LogP contribution in [0, 0.1) is 5.92 Å². The maximum atomic E-state index is 11.9. The molecule has 110 valence electrons. The van der Waals surface area contributed by atoms with Gasteiger partial charge in [0.25, 0.3) is 0 Å². The normalized spacial score (nSPS) is 16.2. The molecule has 1 aliphatic heterocycles. The second-order valence-corrected chi connectivity index (χ2v) is 5.30. The van der Waals surface area contributed by atoms with Gasteiger partial charge in [0.15, 0.2) is 5.82 Å². The van der Waals surface area contributed by atoms with Crippen LogP contribution in [0.4, 0.5) is 0 Å². The van der Waals surface area contributed by atoms with E-state index in [-0.39, 0.29) is 17.9 Å². The van der Waals surface area contributed by atoms with Gasteiger partial charge < -0.3 is 15.2 Å². The van der Waals surface area contributed by atoms with Crippen molar-refractivity contribution in [2.75, 3.05) is 13.1 Å². The minimum Gasteiger partial charge on any atom is -0.344 e. The van der Waals surface area contributed by atoms with E-state index < -0.39 is 0 Å². The predicted molar refractivity (Wildman–Crippen MR) is 76.5 cm³/mol. The summed E-state index contributed by atoms with van der Waals surface area (Å²) in [6, 6.07) is 9.70. The fourth-order valence-electron chi connectivity index (χ4n) is 2.16. The number of hydrogen-bond acceptors (Lipinski definition) is 5. The Kier molecular flexibility index (Phi) is 3.96. The van der Waals surface area contributed by atoms with E-state index in [9.17, 15) is 4.79 Å². The Morgan fingerprint density at radius 1 is 1.43 bits per heavy atom. The highest BCUT2D eigenvalue weighted by Crippen LogP contribution is 2.13. The SMILES string of the molecule is CC(NC(=O)C1CNC1)c1nc(Cc2ccccc2)no1. The summed E-state index contributed by atoms with van der Waals surface area (Å²) in [4.78, 5) is 16.2. The fraction of sp³-hybridized carbons (Fsp3) is 0.400. The van der Waals surface area contributed by atoms with Crippen molar-refractivity contribution in [2.45, 2.75) is 19.4 Å². The van der Waals surface area contributed by atoms with Crippen LogP contribution in [0.2, 0.25) is 0 Å². The monoisotopic (exact) mass is 286 g/mol. The summed E-state index contributed by atoms with van der Waals surface area (Å²) in [6.45, 7) is 3.33. The van der Waals surface area contributed by atoms with E-state index in [0.29, 0.717) is 18.1 Å². The van der Waals surface area contributed by atoms with E-state index in [0.717, 1.165) is 18.7 Å². The van der Waals surface area contributed by atoms with Crippen LogP contribution >= 0.6 is 0 Å². The van der Waals surface area contributed by atoms with Crippen LogP contribution in [0.25, 0.3) is 0 Å². The van der Waals surface area contributed by atoms with Crippen LogP contribution in [0.15, 0.2) is 34.9 Å². The van der Waals surface area contributed by atoms with Crippen LogP contribution < -0.4 is 10.6 Å². The first kappa shape index (κ1) is 13.8. The smallest absolute Gasteiger partial charge is 0.248 e. The molecule has 21 heavy (non-hydrogen) atoms. The average Bonchev–Trinajstić information content (AvgIpc) is 2.86. The molecule has 0 saturated carbocycles. The van der Waals surface area contributed by atoms with Crippen LogP contribution in [0.5, 0.6) is 0 Å². The molecule has 0 aliphatic carbocycles. The molecule has 0 radical (unpaired) electrons. The number of hydrogen-bond donors (Lipinski definition) is 2. The minimum absolute atomic E-state index is 0.0315. The lowest BCUT2D eigenvalue weighted by Crippen LogP contribution is -2.51. The molecule has 6 nitrogen and oxygen atoms in total. The van der Waals surface area contributed by atoms with Crippen molar-refractivity contribution in [3.8, 4) is 0 Å². The predicted octanol–water partition coefficient (Wildman–Crippen LogP) is 1.06. The highest BCUT2D eigenvalue weighted by atomic mass is 16.5. The van der Waals surface area contributed by atoms with Gasteiger partial charge in [-0.05, 0) is 12.5 Å². The number of carbonyl (C=O) groups excluding carboxylic acids is 1. The summed E-state index contributed by atoms with van der Waals surface area (Å²) in [7, 11) is 0. The van der Waals surface area contributed by atoms with Gasteiger partial charge in [0.05, 0.1) is 5.92 Å². The Balaban J connectivity index is 1.60. The fourth-order valence-corrected chi connectivity index (χ4v) is 2.16. The van der Waals surface area contributed by atoms with Crippen molar-refractivity contribution in [3.63, 3.8) is 0 Å². The lowest BCUT2D eigenvalue weighted by molar-refractivity contribution is -0.127. The van der Waals surface area contributed by atoms with Gasteiger partial charge in [-0.1, -0.05) is 35.5 Å². The van der Waals surface area contributed by atoms with Crippen molar-refractivity contribution >= 4 is 5.91 Å². The molecule has 0 bridgehead atoms. The lowest BCUT2D eigenvalue weighted by atomic mass is 10.0. The van der Waals surface area contributed by atoms with E-state index in [2.05, 4.69) is 20.8 Å². The molecule has 1 amide bonds. The zero-order valence-corrected chi connectivity index (χ0v) is 11.9. The third-order valence-electron chi connectivity index (χ3n) is 3.57. The quantitative estimate of drug-likeness (QED) is 0.859. The maximum absolute atomic E-state index is 11.9. The molecule has 1 unspecified atom stereocenters. The van der Waals surface area contributed by atoms with Crippen LogP contribution in [0.3, 0.4) is 0 Å². The minimum atomic E-state index is -0.268. The standard InChI is InChI=1S/C15H18N4O2/c1-10(17-14(20)12-8-16-9-12)15-18-13(19-21-15)7-11-5-3-2-4-6-11/h2-6,10,12,16H,7-9H2,1H3,(H,17,20). The van der Waals surface area contributed by atoms with Gasteiger partial charge >= 0.3 is 0 Å². The summed E-state index contributed by atoms with van der Waals surface area (Å²) in [5.74, 6) is 1.16. The van der Waals surface area contributed by atoms with Gasteiger partial charge in [-0.15, -0.1) is 0 Å². The largest absolute Gasteiger partial charge is 0.344 e. The summed E-state index contributed by atoms with van der Waals surface area (Å²) in [5.41, 5.74) is 1.13. The third-order valence-corrected chi connectivity index (χ3v) is 3.57. The van der Waals surface area contributed by atoms with Crippen molar-refractivity contribution in [1.29, 1.82) is 0 Å². The number of amides is 1. The molecule has 2 heterocycles. The van der Waals surface area contributed by atoms with Crippen LogP contribution in [0.1, 0.15) is 30.2 Å². The summed E-state index contributed by atoms with van der Waals surface area (Å²) < 4.78 is 5.24. The van der Waals surface area contributed by atoms with Crippen LogP contribution in [-0.4, -0.2) is 29.1 Å². The van der Waals surface area contributed by atoms with E-state index in [1.165, 1.54) is 0 Å². The van der Waals surface area contributed by atoms with E-state index in [1.807, 2.05) is 37.3 Å². The molecule has 2 aromatic rings. The Bertz CT molecular complexity index is 607. The maximum Gasteiger partial charge on any atom is 0.248 e. The Morgan fingerprint density at radius 3 is 2.86 bits per heavy atom. The Morgan fingerprint density at radius 2 is 2.19 bits per heavy atom. The van der Waals surface area contributed by atoms with Gasteiger partial charge in [0.1, 0.15) is 6.04 Å². The molecule has 1 atom stereocenters. The summed E-state index contributed by atoms with van der Waals surface area (Å²) >= 11 is 0. The molecule has 1 fully saturated rings. The number of rotatable bonds is 5. The number of carbonyl (C=O) groups is 1. The van der Waals surface area contributed by atoms with Gasteiger partial charge in [0, 0.05) is 19.5 Å². The molecular weight excluding hydrogens is 268 g/mol. The zero-order valence-electron chi connectivity index (χ0n) is 11.9. The van der Waals surface area contributed by atoms with Crippen LogP contribution in [-0.2, 0) is 11.2 Å². The first-order chi connectivity index (χ1) is 10.2. The molecule has 1 aromatic heterocycles. The summed E-state index contributed by atoms with van der Waals surface area (Å²) in [5, 5.41) is 9.94. The Labute approximate surface area is 122 Å². The summed E-state index contributed by atoms with van der Waals surface area (Å²) in [6.07, 6.45) is 0.623. The molecule has 1 aliphatic rings. The molecule has 1 aromatic carbocycles. The number of aromatic nitrogens is 2. The average molecular weight is 286 g/mol. The molecule has 1 saturated heterocycles. The van der Waals surface area contributed by atoms with Gasteiger partial charge in [-0.3, -0.25) is 4.79 Å². The molecule has 6 heteroatoms. The van der Waals surface area contributed by atoms with E-state index in [1.54, 1.807) is 0 Å². The second kappa shape index (κ2) is 6.05. The Hall–Kier alpha value is -2.21. The van der Waals surface area contributed by atoms with Crippen molar-refractivity contribution < 1.29 is 9.32 Å². The number of benzene rings is 1. The van der Waals surface area contributed by atoms with E-state index in [4.69, 9.17) is 4.52 Å². The second-order valence-electron chi connectivity index (χ2n) is 5.30. The highest BCUT2D eigenvalue weighted by Gasteiger charge is 2.27. The first-order valence-corrected chi connectivity index (χ1v) is 7.10. The third kappa shape index (κ3) is 3.28. The highest BCUT2D eigenvalue weighted by molar-refractivity contribution is 5.80. The van der Waals surface area contributed by atoms with Gasteiger partial charge in [-0.2, -0.15) is 4.98 Å². The number of nitrogens with one attached hydrogen (secondary N) is 2. The zero-order chi connectivity index (χ0) is 14.7. The lowest BCUT2D eigenvalue weighted by Gasteiger charge is -2.26. The van der Waals surface area contributed by atoms with Gasteiger partial charge in [-0.25, -0.2) is 0 Å². The first-order valence-electron chi connectivity index (χ1n) is 7.10. The van der Waals surface area contributed by atoms with E-state index >= 15 is 0 Å². The molecule has 0 spiro atoms. The van der Waals surface area contributed by atoms with Crippen molar-refractivity contribution in [3.05, 3.63) is 47.6 Å². The van der Waals surface area contributed by atoms with Gasteiger partial charge in [0.2, 0.25) is 11.8 Å². The molecule has 2 N–H and O–H groups in total.